The average Bonchev–Trinajstić information content (AvgIpc) is 2.43. The number of hydrogen-bond donors (Lipinski definition) is 2. The topological polar surface area (TPSA) is 61.8 Å². The molecule has 0 aromatic heterocycles. The van der Waals surface area contributed by atoms with E-state index >= 15 is 0 Å². The Kier molecular flexibility index (Phi) is 7.61. The molecular formula is C16H26N2O3. The third-order valence-electron chi connectivity index (χ3n) is 3.14. The highest BCUT2D eigenvalue weighted by molar-refractivity contribution is 5.75. The summed E-state index contributed by atoms with van der Waals surface area (Å²) < 4.78 is 5.65. The molecule has 0 saturated carbocycles. The zero-order valence-electron chi connectivity index (χ0n) is 13.2. The summed E-state index contributed by atoms with van der Waals surface area (Å²) in [5.41, 5.74) is 1.94. The maximum atomic E-state index is 10.8. The average molecular weight is 294 g/mol. The molecule has 0 bridgehead atoms. The number of likely N-dealkylation sites (N-methyl/N-ethyl adjacent to an activating group) is 1. The van der Waals surface area contributed by atoms with E-state index in [1.54, 1.807) is 11.9 Å². The number of carboxylic acid groups (broad SMARTS) is 1. The Morgan fingerprint density at radius 1 is 1.38 bits per heavy atom. The van der Waals surface area contributed by atoms with Gasteiger partial charge < -0.3 is 20.1 Å². The normalized spacial score (nSPS) is 10.4. The molecule has 0 aliphatic carbocycles. The van der Waals surface area contributed by atoms with Crippen LogP contribution in [0.3, 0.4) is 0 Å². The van der Waals surface area contributed by atoms with E-state index in [0.29, 0.717) is 6.61 Å². The fourth-order valence-corrected chi connectivity index (χ4v) is 2.08. The Morgan fingerprint density at radius 2 is 2.14 bits per heavy atom. The molecule has 0 amide bonds. The van der Waals surface area contributed by atoms with E-state index in [4.69, 9.17) is 9.84 Å². The van der Waals surface area contributed by atoms with Crippen molar-refractivity contribution in [3.63, 3.8) is 0 Å². The van der Waals surface area contributed by atoms with Crippen LogP contribution in [-0.2, 0) is 11.3 Å². The molecule has 0 fully saturated rings. The van der Waals surface area contributed by atoms with Crippen LogP contribution in [0.2, 0.25) is 0 Å². The molecule has 1 aromatic carbocycles. The molecule has 2 N–H and O–H groups in total. The zero-order chi connectivity index (χ0) is 15.7. The largest absolute Gasteiger partial charge is 0.492 e. The van der Waals surface area contributed by atoms with Gasteiger partial charge in [-0.3, -0.25) is 4.79 Å². The first-order valence-electron chi connectivity index (χ1n) is 7.47. The lowest BCUT2D eigenvalue weighted by molar-refractivity contribution is -0.135. The molecule has 21 heavy (non-hydrogen) atoms. The van der Waals surface area contributed by atoms with Crippen molar-refractivity contribution in [1.82, 2.24) is 5.32 Å². The highest BCUT2D eigenvalue weighted by Gasteiger charge is 2.12. The van der Waals surface area contributed by atoms with E-state index < -0.39 is 5.97 Å². The summed E-state index contributed by atoms with van der Waals surface area (Å²) in [7, 11) is 1.76. The number of ether oxygens (including phenoxy) is 1. The van der Waals surface area contributed by atoms with Crippen molar-refractivity contribution in [2.24, 2.45) is 0 Å². The third-order valence-corrected chi connectivity index (χ3v) is 3.14. The van der Waals surface area contributed by atoms with Gasteiger partial charge in [0, 0.05) is 13.6 Å². The highest BCUT2D eigenvalue weighted by Crippen LogP contribution is 2.28. The van der Waals surface area contributed by atoms with Crippen LogP contribution in [0, 0.1) is 0 Å². The molecule has 5 nitrogen and oxygen atoms in total. The van der Waals surface area contributed by atoms with Crippen LogP contribution in [0.15, 0.2) is 18.2 Å². The minimum absolute atomic E-state index is 0.0474. The van der Waals surface area contributed by atoms with Crippen LogP contribution in [-0.4, -0.2) is 37.8 Å². The lowest BCUT2D eigenvalue weighted by Crippen LogP contribution is -2.25. The first-order chi connectivity index (χ1) is 10.1. The Hall–Kier alpha value is -1.75. The van der Waals surface area contributed by atoms with Gasteiger partial charge in [0.05, 0.1) is 12.3 Å². The molecule has 5 heteroatoms. The van der Waals surface area contributed by atoms with Gasteiger partial charge in [0.2, 0.25) is 0 Å². The highest BCUT2D eigenvalue weighted by atomic mass is 16.5. The lowest BCUT2D eigenvalue weighted by atomic mass is 10.1. The number of rotatable bonds is 10. The fourth-order valence-electron chi connectivity index (χ4n) is 2.08. The van der Waals surface area contributed by atoms with Gasteiger partial charge in [-0.05, 0) is 37.6 Å². The number of unbranched alkanes of at least 4 members (excludes halogenated alkanes) is 1. The van der Waals surface area contributed by atoms with Crippen LogP contribution >= 0.6 is 0 Å². The summed E-state index contributed by atoms with van der Waals surface area (Å²) in [6.07, 6.45) is 2.34. The second kappa shape index (κ2) is 9.23. The van der Waals surface area contributed by atoms with Crippen molar-refractivity contribution in [2.45, 2.75) is 33.2 Å². The molecule has 1 aromatic rings. The van der Waals surface area contributed by atoms with Gasteiger partial charge in [-0.25, -0.2) is 0 Å². The Labute approximate surface area is 126 Å². The van der Waals surface area contributed by atoms with Crippen LogP contribution in [0.5, 0.6) is 5.75 Å². The summed E-state index contributed by atoms with van der Waals surface area (Å²) in [6.45, 7) is 6.40. The Balaban J connectivity index is 2.78. The number of aliphatic carboxylic acids is 1. The standard InChI is InChI=1S/C16H26N2O3/c1-4-6-9-17-11-13-7-8-14(15(10-13)21-5-2)18(3)12-16(19)20/h7-8,10,17H,4-6,9,11-12H2,1-3H3,(H,19,20). The molecule has 0 spiro atoms. The third kappa shape index (κ3) is 6.04. The van der Waals surface area contributed by atoms with Crippen molar-refractivity contribution in [1.29, 1.82) is 0 Å². The molecule has 1 rings (SSSR count). The molecule has 0 atom stereocenters. The number of anilines is 1. The second-order valence-electron chi connectivity index (χ2n) is 5.02. The van der Waals surface area contributed by atoms with Crippen LogP contribution in [0.4, 0.5) is 5.69 Å². The monoisotopic (exact) mass is 294 g/mol. The summed E-state index contributed by atoms with van der Waals surface area (Å²) >= 11 is 0. The van der Waals surface area contributed by atoms with Crippen LogP contribution < -0.4 is 15.0 Å². The maximum absolute atomic E-state index is 10.8. The van der Waals surface area contributed by atoms with E-state index in [9.17, 15) is 4.79 Å². The first-order valence-corrected chi connectivity index (χ1v) is 7.47. The summed E-state index contributed by atoms with van der Waals surface area (Å²) in [6, 6.07) is 5.91. The molecular weight excluding hydrogens is 268 g/mol. The summed E-state index contributed by atoms with van der Waals surface area (Å²) in [4.78, 5) is 12.5. The van der Waals surface area contributed by atoms with Gasteiger partial charge in [0.15, 0.2) is 0 Å². The number of carbonyl (C=O) groups is 1. The summed E-state index contributed by atoms with van der Waals surface area (Å²) in [5, 5.41) is 12.3. The minimum Gasteiger partial charge on any atom is -0.492 e. The molecule has 0 saturated heterocycles. The summed E-state index contributed by atoms with van der Waals surface area (Å²) in [5.74, 6) is -0.124. The van der Waals surface area contributed by atoms with Gasteiger partial charge >= 0.3 is 5.97 Å². The number of carboxylic acids is 1. The van der Waals surface area contributed by atoms with Gasteiger partial charge in [0.25, 0.3) is 0 Å². The molecule has 0 aliphatic heterocycles. The molecule has 0 unspecified atom stereocenters. The maximum Gasteiger partial charge on any atom is 0.323 e. The number of nitrogens with one attached hydrogen (secondary N) is 1. The van der Waals surface area contributed by atoms with Gasteiger partial charge in [-0.2, -0.15) is 0 Å². The molecule has 0 aliphatic rings. The van der Waals surface area contributed by atoms with Crippen molar-refractivity contribution >= 4 is 11.7 Å². The number of hydrogen-bond acceptors (Lipinski definition) is 4. The number of nitrogens with zero attached hydrogens (tertiary/aromatic N) is 1. The van der Waals surface area contributed by atoms with Gasteiger partial charge in [0.1, 0.15) is 12.3 Å². The van der Waals surface area contributed by atoms with Crippen molar-refractivity contribution in [3.05, 3.63) is 23.8 Å². The number of benzene rings is 1. The quantitative estimate of drug-likeness (QED) is 0.649. The van der Waals surface area contributed by atoms with E-state index in [1.807, 2.05) is 25.1 Å². The molecule has 0 heterocycles. The Bertz CT molecular complexity index is 449. The second-order valence-corrected chi connectivity index (χ2v) is 5.02. The van der Waals surface area contributed by atoms with Crippen LogP contribution in [0.25, 0.3) is 0 Å². The van der Waals surface area contributed by atoms with Gasteiger partial charge in [-0.15, -0.1) is 0 Å². The Morgan fingerprint density at radius 3 is 2.76 bits per heavy atom. The first kappa shape index (κ1) is 17.3. The molecule has 118 valence electrons. The van der Waals surface area contributed by atoms with Crippen molar-refractivity contribution in [3.8, 4) is 5.75 Å². The predicted octanol–water partition coefficient (Wildman–Crippen LogP) is 2.50. The van der Waals surface area contributed by atoms with E-state index in [2.05, 4.69) is 12.2 Å². The minimum atomic E-state index is -0.856. The van der Waals surface area contributed by atoms with Crippen molar-refractivity contribution < 1.29 is 14.6 Å². The van der Waals surface area contributed by atoms with Crippen LogP contribution in [0.1, 0.15) is 32.3 Å². The SMILES string of the molecule is CCCCNCc1ccc(N(C)CC(=O)O)c(OCC)c1. The van der Waals surface area contributed by atoms with E-state index in [0.717, 1.165) is 36.5 Å². The van der Waals surface area contributed by atoms with E-state index in [-0.39, 0.29) is 6.54 Å². The van der Waals surface area contributed by atoms with Crippen molar-refractivity contribution in [2.75, 3.05) is 31.6 Å². The molecule has 0 radical (unpaired) electrons. The lowest BCUT2D eigenvalue weighted by Gasteiger charge is -2.21. The fraction of sp³-hybridized carbons (Fsp3) is 0.562. The predicted molar refractivity (Wildman–Crippen MR) is 85.1 cm³/mol. The smallest absolute Gasteiger partial charge is 0.323 e. The zero-order valence-corrected chi connectivity index (χ0v) is 13.2. The van der Waals surface area contributed by atoms with E-state index in [1.165, 1.54) is 6.42 Å². The van der Waals surface area contributed by atoms with Gasteiger partial charge in [-0.1, -0.05) is 19.4 Å².